The van der Waals surface area contributed by atoms with Gasteiger partial charge in [0.05, 0.1) is 12.6 Å². The van der Waals surface area contributed by atoms with Gasteiger partial charge in [-0.2, -0.15) is 4.98 Å². The van der Waals surface area contributed by atoms with E-state index in [4.69, 9.17) is 4.74 Å². The van der Waals surface area contributed by atoms with E-state index in [0.717, 1.165) is 25.0 Å². The first-order valence-corrected chi connectivity index (χ1v) is 7.41. The van der Waals surface area contributed by atoms with Crippen molar-refractivity contribution >= 4 is 5.91 Å². The predicted molar refractivity (Wildman–Crippen MR) is 79.3 cm³/mol. The number of hydrogen-bond acceptors (Lipinski definition) is 4. The van der Waals surface area contributed by atoms with Crippen LogP contribution in [-0.4, -0.2) is 47.1 Å². The van der Waals surface area contributed by atoms with Crippen LogP contribution in [0.4, 0.5) is 0 Å². The zero-order chi connectivity index (χ0) is 15.4. The highest BCUT2D eigenvalue weighted by Gasteiger charge is 2.30. The molecule has 1 aliphatic rings. The van der Waals surface area contributed by atoms with E-state index < -0.39 is 5.69 Å². The maximum atomic E-state index is 12.6. The number of nitrogens with one attached hydrogen (secondary N) is 1. The van der Waals surface area contributed by atoms with Crippen molar-refractivity contribution in [2.24, 2.45) is 5.92 Å². The summed E-state index contributed by atoms with van der Waals surface area (Å²) >= 11 is 0. The molecule has 0 saturated carbocycles. The van der Waals surface area contributed by atoms with Crippen LogP contribution in [0, 0.1) is 5.92 Å². The van der Waals surface area contributed by atoms with Gasteiger partial charge in [-0.15, -0.1) is 0 Å². The summed E-state index contributed by atoms with van der Waals surface area (Å²) in [4.78, 5) is 32.5. The monoisotopic (exact) mass is 293 g/mol. The van der Waals surface area contributed by atoms with Crippen molar-refractivity contribution in [3.63, 3.8) is 0 Å². The van der Waals surface area contributed by atoms with E-state index in [-0.39, 0.29) is 17.6 Å². The molecule has 0 spiro atoms. The minimum atomic E-state index is -0.459. The van der Waals surface area contributed by atoms with Gasteiger partial charge in [0, 0.05) is 19.3 Å². The number of H-pyrrole nitrogens is 1. The van der Waals surface area contributed by atoms with Gasteiger partial charge in [0.2, 0.25) is 0 Å². The third-order valence-corrected chi connectivity index (χ3v) is 3.64. The van der Waals surface area contributed by atoms with E-state index in [1.165, 1.54) is 0 Å². The molecule has 1 aliphatic heterocycles. The van der Waals surface area contributed by atoms with Crippen LogP contribution in [0.3, 0.4) is 0 Å². The second kappa shape index (κ2) is 6.85. The summed E-state index contributed by atoms with van der Waals surface area (Å²) < 4.78 is 5.16. The lowest BCUT2D eigenvalue weighted by atomic mass is 10.1. The molecule has 21 heavy (non-hydrogen) atoms. The number of hydrogen-bond donors (Lipinski definition) is 1. The average Bonchev–Trinajstić information content (AvgIpc) is 2.85. The van der Waals surface area contributed by atoms with E-state index in [2.05, 4.69) is 23.8 Å². The van der Waals surface area contributed by atoms with Gasteiger partial charge in [-0.25, -0.2) is 4.79 Å². The van der Waals surface area contributed by atoms with Gasteiger partial charge in [0.25, 0.3) is 5.91 Å². The van der Waals surface area contributed by atoms with Crippen LogP contribution < -0.4 is 5.69 Å². The summed E-state index contributed by atoms with van der Waals surface area (Å²) in [6.45, 7) is 5.35. The average molecular weight is 293 g/mol. The summed E-state index contributed by atoms with van der Waals surface area (Å²) in [5.41, 5.74) is 0.534. The van der Waals surface area contributed by atoms with Crippen LogP contribution >= 0.6 is 0 Å². The van der Waals surface area contributed by atoms with Crippen molar-refractivity contribution in [3.8, 4) is 0 Å². The maximum absolute atomic E-state index is 12.6. The zero-order valence-electron chi connectivity index (χ0n) is 12.9. The molecule has 0 bridgehead atoms. The van der Waals surface area contributed by atoms with Gasteiger partial charge in [-0.3, -0.25) is 4.79 Å². The summed E-state index contributed by atoms with van der Waals surface area (Å²) in [6, 6.07) is 1.78. The number of carbonyl (C=O) groups is 1. The van der Waals surface area contributed by atoms with Gasteiger partial charge in [-0.05, 0) is 31.2 Å². The minimum absolute atomic E-state index is 0.0807. The molecule has 2 heterocycles. The highest BCUT2D eigenvalue weighted by Crippen LogP contribution is 2.19. The number of aromatic amines is 1. The standard InChI is InChI=1S/C15H23N3O3/c1-10(2)7-11-8-13(17-15(20)16-11)14(19)18-6-4-5-12(18)9-21-3/h8,10,12H,4-7,9H2,1-3H3,(H,16,17,20)/t12-/m0/s1. The number of carbonyl (C=O) groups excluding carboxylic acids is 1. The van der Waals surface area contributed by atoms with Crippen molar-refractivity contribution in [2.75, 3.05) is 20.3 Å². The first kappa shape index (κ1) is 15.7. The summed E-state index contributed by atoms with van der Waals surface area (Å²) in [7, 11) is 1.63. The SMILES string of the molecule is COC[C@@H]1CCCN1C(=O)c1cc(CC(C)C)[nH]c(=O)n1. The molecule has 1 amide bonds. The topological polar surface area (TPSA) is 75.3 Å². The van der Waals surface area contributed by atoms with E-state index in [1.807, 2.05) is 0 Å². The van der Waals surface area contributed by atoms with Gasteiger partial charge in [0.15, 0.2) is 0 Å². The fourth-order valence-electron chi connectivity index (χ4n) is 2.78. The fraction of sp³-hybridized carbons (Fsp3) is 0.667. The number of methoxy groups -OCH3 is 1. The molecule has 1 fully saturated rings. The van der Waals surface area contributed by atoms with Crippen LogP contribution in [0.2, 0.25) is 0 Å². The van der Waals surface area contributed by atoms with Crippen LogP contribution in [0.1, 0.15) is 42.9 Å². The number of aromatic nitrogens is 2. The Kier molecular flexibility index (Phi) is 5.12. The highest BCUT2D eigenvalue weighted by molar-refractivity contribution is 5.92. The Labute approximate surface area is 124 Å². The summed E-state index contributed by atoms with van der Waals surface area (Å²) in [5.74, 6) is 0.227. The molecule has 1 saturated heterocycles. The second-order valence-electron chi connectivity index (χ2n) is 5.94. The predicted octanol–water partition coefficient (Wildman–Crippen LogP) is 1.22. The summed E-state index contributed by atoms with van der Waals surface area (Å²) in [6.07, 6.45) is 2.61. The number of amides is 1. The van der Waals surface area contributed by atoms with Gasteiger partial charge in [0.1, 0.15) is 5.69 Å². The lowest BCUT2D eigenvalue weighted by molar-refractivity contribution is 0.0624. The zero-order valence-corrected chi connectivity index (χ0v) is 12.9. The van der Waals surface area contributed by atoms with Crippen LogP contribution in [0.25, 0.3) is 0 Å². The smallest absolute Gasteiger partial charge is 0.345 e. The van der Waals surface area contributed by atoms with Gasteiger partial charge < -0.3 is 14.6 Å². The number of rotatable bonds is 5. The molecule has 6 heteroatoms. The Balaban J connectivity index is 2.22. The molecule has 0 aliphatic carbocycles. The number of nitrogens with zero attached hydrogens (tertiary/aromatic N) is 2. The normalized spacial score (nSPS) is 18.5. The van der Waals surface area contributed by atoms with Gasteiger partial charge in [-0.1, -0.05) is 13.8 Å². The van der Waals surface area contributed by atoms with E-state index in [0.29, 0.717) is 19.1 Å². The summed E-state index contributed by atoms with van der Waals surface area (Å²) in [5, 5.41) is 0. The highest BCUT2D eigenvalue weighted by atomic mass is 16.5. The third kappa shape index (κ3) is 3.91. The van der Waals surface area contributed by atoms with Crippen molar-refractivity contribution in [1.82, 2.24) is 14.9 Å². The third-order valence-electron chi connectivity index (χ3n) is 3.64. The Morgan fingerprint density at radius 3 is 3.00 bits per heavy atom. The Morgan fingerprint density at radius 1 is 1.57 bits per heavy atom. The minimum Gasteiger partial charge on any atom is -0.383 e. The second-order valence-corrected chi connectivity index (χ2v) is 5.94. The Bertz CT molecular complexity index is 553. The van der Waals surface area contributed by atoms with Crippen molar-refractivity contribution < 1.29 is 9.53 Å². The first-order valence-electron chi connectivity index (χ1n) is 7.41. The molecule has 1 aromatic rings. The van der Waals surface area contributed by atoms with Crippen molar-refractivity contribution in [1.29, 1.82) is 0 Å². The molecular formula is C15H23N3O3. The largest absolute Gasteiger partial charge is 0.383 e. The molecule has 1 N–H and O–H groups in total. The molecular weight excluding hydrogens is 270 g/mol. The van der Waals surface area contributed by atoms with E-state index in [1.54, 1.807) is 18.1 Å². The lowest BCUT2D eigenvalue weighted by Crippen LogP contribution is -2.39. The molecule has 116 valence electrons. The maximum Gasteiger partial charge on any atom is 0.345 e. The van der Waals surface area contributed by atoms with Crippen molar-refractivity contribution in [3.05, 3.63) is 27.9 Å². The molecule has 1 aromatic heterocycles. The van der Waals surface area contributed by atoms with Crippen LogP contribution in [0.15, 0.2) is 10.9 Å². The molecule has 0 unspecified atom stereocenters. The molecule has 1 atom stereocenters. The molecule has 0 radical (unpaired) electrons. The number of ether oxygens (including phenoxy) is 1. The first-order chi connectivity index (χ1) is 10.0. The van der Waals surface area contributed by atoms with Crippen molar-refractivity contribution in [2.45, 2.75) is 39.2 Å². The number of likely N-dealkylation sites (tertiary alicyclic amines) is 1. The lowest BCUT2D eigenvalue weighted by Gasteiger charge is -2.23. The molecule has 0 aromatic carbocycles. The quantitative estimate of drug-likeness (QED) is 0.885. The van der Waals surface area contributed by atoms with Crippen LogP contribution in [-0.2, 0) is 11.2 Å². The molecule has 2 rings (SSSR count). The van der Waals surface area contributed by atoms with Gasteiger partial charge >= 0.3 is 5.69 Å². The van der Waals surface area contributed by atoms with E-state index >= 15 is 0 Å². The Morgan fingerprint density at radius 2 is 2.33 bits per heavy atom. The van der Waals surface area contributed by atoms with E-state index in [9.17, 15) is 9.59 Å². The Hall–Kier alpha value is -1.69. The fourth-order valence-corrected chi connectivity index (χ4v) is 2.78. The molecule has 6 nitrogen and oxygen atoms in total. The van der Waals surface area contributed by atoms with Crippen LogP contribution in [0.5, 0.6) is 0 Å².